The highest BCUT2D eigenvalue weighted by atomic mass is 19.4. The number of halogens is 3. The lowest BCUT2D eigenvalue weighted by atomic mass is 9.90. The second-order valence-corrected chi connectivity index (χ2v) is 4.09. The Hall–Kier alpha value is -1.07. The van der Waals surface area contributed by atoms with E-state index in [2.05, 4.69) is 4.74 Å². The molecule has 0 atom stereocenters. The van der Waals surface area contributed by atoms with Crippen LogP contribution in [-0.4, -0.2) is 24.5 Å². The average Bonchev–Trinajstić information content (AvgIpc) is 1.95. The number of alkyl halides is 3. The zero-order valence-electron chi connectivity index (χ0n) is 8.77. The van der Waals surface area contributed by atoms with Crippen molar-refractivity contribution in [3.05, 3.63) is 0 Å². The lowest BCUT2D eigenvalue weighted by Crippen LogP contribution is -2.29. The zero-order valence-corrected chi connectivity index (χ0v) is 8.77. The van der Waals surface area contributed by atoms with Crippen LogP contribution in [0.15, 0.2) is 0 Å². The molecular formula is C9H13F3O3. The van der Waals surface area contributed by atoms with Crippen LogP contribution in [0.3, 0.4) is 0 Å². The van der Waals surface area contributed by atoms with Crippen LogP contribution in [0, 0.1) is 5.41 Å². The van der Waals surface area contributed by atoms with Crippen molar-refractivity contribution in [1.29, 1.82) is 0 Å². The normalized spacial score (nSPS) is 12.4. The number of hydrogen-bond donors (Lipinski definition) is 0. The first-order valence-electron chi connectivity index (χ1n) is 4.28. The van der Waals surface area contributed by atoms with Gasteiger partial charge in [0.1, 0.15) is 0 Å². The van der Waals surface area contributed by atoms with Gasteiger partial charge in [0.2, 0.25) is 5.78 Å². The monoisotopic (exact) mass is 226 g/mol. The van der Waals surface area contributed by atoms with Crippen molar-refractivity contribution >= 4 is 11.8 Å². The Bertz CT molecular complexity index is 256. The van der Waals surface area contributed by atoms with E-state index in [0.29, 0.717) is 0 Å². The van der Waals surface area contributed by atoms with Gasteiger partial charge in [-0.1, -0.05) is 13.8 Å². The molecule has 0 rings (SSSR count). The third-order valence-electron chi connectivity index (χ3n) is 1.56. The summed E-state index contributed by atoms with van der Waals surface area (Å²) in [4.78, 5) is 21.2. The Morgan fingerprint density at radius 2 is 1.67 bits per heavy atom. The maximum atomic E-state index is 12.0. The van der Waals surface area contributed by atoms with Crippen LogP contribution >= 0.6 is 0 Å². The second kappa shape index (κ2) is 4.63. The quantitative estimate of drug-likeness (QED) is 0.544. The zero-order chi connectivity index (χ0) is 12.3. The fourth-order valence-corrected chi connectivity index (χ4v) is 0.956. The third-order valence-corrected chi connectivity index (χ3v) is 1.56. The number of ketones is 1. The van der Waals surface area contributed by atoms with E-state index < -0.39 is 36.4 Å². The van der Waals surface area contributed by atoms with Crippen molar-refractivity contribution in [3.8, 4) is 0 Å². The molecule has 0 aliphatic rings. The number of carbonyl (C=O) groups is 2. The Labute approximate surface area is 85.6 Å². The molecule has 0 aromatic rings. The van der Waals surface area contributed by atoms with Crippen molar-refractivity contribution in [2.45, 2.75) is 33.4 Å². The van der Waals surface area contributed by atoms with Crippen LogP contribution in [0.1, 0.15) is 27.2 Å². The van der Waals surface area contributed by atoms with Crippen molar-refractivity contribution in [2.75, 3.05) is 6.61 Å². The minimum atomic E-state index is -4.31. The molecule has 0 bridgehead atoms. The predicted molar refractivity (Wildman–Crippen MR) is 46.1 cm³/mol. The fourth-order valence-electron chi connectivity index (χ4n) is 0.956. The van der Waals surface area contributed by atoms with Crippen LogP contribution in [0.5, 0.6) is 0 Å². The molecule has 0 unspecified atom stereocenters. The molecule has 0 heterocycles. The maximum absolute atomic E-state index is 12.0. The van der Waals surface area contributed by atoms with Crippen molar-refractivity contribution in [2.24, 2.45) is 5.41 Å². The van der Waals surface area contributed by atoms with Gasteiger partial charge in [0, 0.05) is 12.3 Å². The van der Waals surface area contributed by atoms with Gasteiger partial charge in [0.15, 0.2) is 0 Å². The summed E-state index contributed by atoms with van der Waals surface area (Å²) in [6, 6.07) is 0. The summed E-state index contributed by atoms with van der Waals surface area (Å²) in [5.74, 6) is -1.93. The van der Waals surface area contributed by atoms with Crippen molar-refractivity contribution < 1.29 is 27.5 Å². The van der Waals surface area contributed by atoms with Gasteiger partial charge < -0.3 is 4.74 Å². The van der Waals surface area contributed by atoms with Gasteiger partial charge in [0.05, 0.1) is 13.0 Å². The molecule has 0 aromatic carbocycles. The van der Waals surface area contributed by atoms with Gasteiger partial charge in [-0.25, -0.2) is 4.79 Å². The number of esters is 1. The molecule has 0 spiro atoms. The minimum Gasteiger partial charge on any atom is -0.459 e. The van der Waals surface area contributed by atoms with Crippen LogP contribution in [0.25, 0.3) is 0 Å². The van der Waals surface area contributed by atoms with E-state index in [1.165, 1.54) is 13.8 Å². The highest BCUT2D eigenvalue weighted by molar-refractivity contribution is 6.32. The van der Waals surface area contributed by atoms with E-state index in [4.69, 9.17) is 0 Å². The van der Waals surface area contributed by atoms with Crippen molar-refractivity contribution in [3.63, 3.8) is 0 Å². The van der Waals surface area contributed by atoms with Crippen LogP contribution in [0.2, 0.25) is 0 Å². The molecular weight excluding hydrogens is 213 g/mol. The largest absolute Gasteiger partial charge is 0.459 e. The lowest BCUT2D eigenvalue weighted by Gasteiger charge is -2.24. The molecule has 15 heavy (non-hydrogen) atoms. The van der Waals surface area contributed by atoms with E-state index in [-0.39, 0.29) is 0 Å². The first kappa shape index (κ1) is 13.9. The maximum Gasteiger partial charge on any atom is 0.389 e. The van der Waals surface area contributed by atoms with Gasteiger partial charge in [-0.05, 0) is 0 Å². The number of carbonyl (C=O) groups excluding carboxylic acids is 2. The van der Waals surface area contributed by atoms with Crippen LogP contribution in [0.4, 0.5) is 13.2 Å². The molecule has 0 N–H and O–H groups in total. The standard InChI is InChI=1S/C9H13F3O3/c1-6(13)7(14)15-5-8(2,3)4-9(10,11)12/h4-5H2,1-3H3. The van der Waals surface area contributed by atoms with Gasteiger partial charge in [-0.15, -0.1) is 0 Å². The minimum absolute atomic E-state index is 0.426. The van der Waals surface area contributed by atoms with Gasteiger partial charge in [0.25, 0.3) is 0 Å². The Balaban J connectivity index is 4.16. The summed E-state index contributed by atoms with van der Waals surface area (Å²) in [5, 5.41) is 0. The number of hydrogen-bond acceptors (Lipinski definition) is 3. The molecule has 6 heteroatoms. The molecule has 0 radical (unpaired) electrons. The van der Waals surface area contributed by atoms with Crippen LogP contribution < -0.4 is 0 Å². The first-order valence-corrected chi connectivity index (χ1v) is 4.28. The Morgan fingerprint density at radius 3 is 2.00 bits per heavy atom. The molecule has 0 saturated carbocycles. The molecule has 0 aromatic heterocycles. The average molecular weight is 226 g/mol. The van der Waals surface area contributed by atoms with E-state index >= 15 is 0 Å². The second-order valence-electron chi connectivity index (χ2n) is 4.09. The summed E-state index contributed by atoms with van der Waals surface area (Å²) >= 11 is 0. The highest BCUT2D eigenvalue weighted by Crippen LogP contribution is 2.33. The smallest absolute Gasteiger partial charge is 0.389 e. The van der Waals surface area contributed by atoms with E-state index in [9.17, 15) is 22.8 Å². The topological polar surface area (TPSA) is 43.4 Å². The van der Waals surface area contributed by atoms with Gasteiger partial charge >= 0.3 is 12.1 Å². The highest BCUT2D eigenvalue weighted by Gasteiger charge is 2.37. The van der Waals surface area contributed by atoms with Gasteiger partial charge in [-0.3, -0.25) is 4.79 Å². The summed E-state index contributed by atoms with van der Waals surface area (Å²) < 4.78 is 40.5. The van der Waals surface area contributed by atoms with Crippen LogP contribution in [-0.2, 0) is 14.3 Å². The molecule has 0 aliphatic heterocycles. The molecule has 0 fully saturated rings. The molecule has 3 nitrogen and oxygen atoms in total. The SMILES string of the molecule is CC(=O)C(=O)OCC(C)(C)CC(F)(F)F. The van der Waals surface area contributed by atoms with E-state index in [1.807, 2.05) is 0 Å². The fraction of sp³-hybridized carbons (Fsp3) is 0.778. The molecule has 0 saturated heterocycles. The van der Waals surface area contributed by atoms with E-state index in [0.717, 1.165) is 6.92 Å². The number of ether oxygens (including phenoxy) is 1. The number of Topliss-reactive ketones (excluding diaryl/α,β-unsaturated/α-hetero) is 1. The molecule has 0 aliphatic carbocycles. The first-order chi connectivity index (χ1) is 6.53. The number of rotatable bonds is 4. The molecule has 88 valence electrons. The van der Waals surface area contributed by atoms with Crippen molar-refractivity contribution in [1.82, 2.24) is 0 Å². The summed E-state index contributed by atoms with van der Waals surface area (Å²) in [6.45, 7) is 3.20. The summed E-state index contributed by atoms with van der Waals surface area (Å²) in [5.41, 5.74) is -1.22. The summed E-state index contributed by atoms with van der Waals surface area (Å²) in [7, 11) is 0. The Morgan fingerprint density at radius 1 is 1.20 bits per heavy atom. The Kier molecular flexibility index (Phi) is 4.30. The third kappa shape index (κ3) is 6.93. The van der Waals surface area contributed by atoms with E-state index in [1.54, 1.807) is 0 Å². The summed E-state index contributed by atoms with van der Waals surface area (Å²) in [6.07, 6.45) is -5.38. The van der Waals surface area contributed by atoms with Gasteiger partial charge in [-0.2, -0.15) is 13.2 Å². The lowest BCUT2D eigenvalue weighted by molar-refractivity contribution is -0.169. The molecule has 0 amide bonds. The predicted octanol–water partition coefficient (Wildman–Crippen LogP) is 2.10.